The van der Waals surface area contributed by atoms with Crippen LogP contribution in [0.15, 0.2) is 36.4 Å². The van der Waals surface area contributed by atoms with Crippen molar-refractivity contribution in [2.45, 2.75) is 57.0 Å². The molecule has 4 fully saturated rings. The first kappa shape index (κ1) is 25.6. The van der Waals surface area contributed by atoms with E-state index in [-0.39, 0.29) is 16.9 Å². The van der Waals surface area contributed by atoms with E-state index in [1.54, 1.807) is 0 Å². The molecule has 0 saturated carbocycles. The number of cyclic esters (lactones) is 1. The van der Waals surface area contributed by atoms with Crippen LogP contribution < -0.4 is 14.5 Å². The zero-order valence-electron chi connectivity index (χ0n) is 23.4. The van der Waals surface area contributed by atoms with Crippen molar-refractivity contribution >= 4 is 39.8 Å². The van der Waals surface area contributed by atoms with Gasteiger partial charge in [0.05, 0.1) is 22.8 Å². The van der Waals surface area contributed by atoms with Crippen molar-refractivity contribution in [3.8, 4) is 6.01 Å². The minimum Gasteiger partial charge on any atom is -0.464 e. The molecular weight excluding hydrogens is 538 g/mol. The molecule has 5 aliphatic rings. The van der Waals surface area contributed by atoms with E-state index in [0.29, 0.717) is 25.8 Å². The Morgan fingerprint density at radius 2 is 1.71 bits per heavy atom. The predicted octanol–water partition coefficient (Wildman–Crippen LogP) is 5.00. The van der Waals surface area contributed by atoms with E-state index in [9.17, 15) is 4.79 Å². The highest BCUT2D eigenvalue weighted by Crippen LogP contribution is 2.43. The number of anilines is 2. The molecule has 8 rings (SSSR count). The van der Waals surface area contributed by atoms with Crippen molar-refractivity contribution in [1.82, 2.24) is 14.9 Å². The first-order valence-corrected chi connectivity index (χ1v) is 15.5. The van der Waals surface area contributed by atoms with Gasteiger partial charge in [0.25, 0.3) is 0 Å². The van der Waals surface area contributed by atoms with E-state index < -0.39 is 0 Å². The van der Waals surface area contributed by atoms with Crippen LogP contribution in [0.2, 0.25) is 5.02 Å². The third kappa shape index (κ3) is 4.16. The summed E-state index contributed by atoms with van der Waals surface area (Å²) in [6.07, 6.45) is 7.29. The molecule has 2 aromatic carbocycles. The molecule has 9 heteroatoms. The molecule has 6 heterocycles. The lowest BCUT2D eigenvalue weighted by molar-refractivity contribution is -0.188. The van der Waals surface area contributed by atoms with Gasteiger partial charge in [-0.3, -0.25) is 9.69 Å². The molecule has 1 spiro atoms. The minimum absolute atomic E-state index is 0.0350. The van der Waals surface area contributed by atoms with Crippen LogP contribution in [-0.4, -0.2) is 72.3 Å². The number of hydrogen-bond donors (Lipinski definition) is 0. The third-order valence-corrected chi connectivity index (χ3v) is 10.7. The van der Waals surface area contributed by atoms with Gasteiger partial charge < -0.3 is 19.3 Å². The van der Waals surface area contributed by atoms with Crippen molar-refractivity contribution in [3.05, 3.63) is 52.7 Å². The van der Waals surface area contributed by atoms with E-state index in [4.69, 9.17) is 31.0 Å². The minimum atomic E-state index is -0.291. The van der Waals surface area contributed by atoms with Gasteiger partial charge in [0.15, 0.2) is 0 Å². The van der Waals surface area contributed by atoms with Gasteiger partial charge >= 0.3 is 12.0 Å². The fourth-order valence-corrected chi connectivity index (χ4v) is 8.23. The second-order valence-electron chi connectivity index (χ2n) is 12.6. The molecule has 0 amide bonds. The van der Waals surface area contributed by atoms with E-state index in [1.807, 2.05) is 12.1 Å². The standard InChI is InChI=1S/C32H36ClN5O3/c33-24-7-1-5-22-6-2-8-26(27(22)24)37-16-9-23-25(19-37)34-30(41-21-32-10-3-14-38(32)15-4-11-32)35-28(23)36-17-12-31(13-18-36)20-40-29(31)39/h1-2,5-8H,3-4,9-21H2. The van der Waals surface area contributed by atoms with Crippen LogP contribution in [0.25, 0.3) is 10.8 Å². The van der Waals surface area contributed by atoms with Crippen molar-refractivity contribution in [2.24, 2.45) is 5.41 Å². The SMILES string of the molecule is O=C1OCC12CCN(c1nc(OCC34CCCN3CCC4)nc3c1CCN(c1cccc4cccc(Cl)c14)C3)CC2. The number of benzene rings is 2. The van der Waals surface area contributed by atoms with Crippen molar-refractivity contribution in [2.75, 3.05) is 55.7 Å². The highest BCUT2D eigenvalue weighted by atomic mass is 35.5. The van der Waals surface area contributed by atoms with Gasteiger partial charge in [0.2, 0.25) is 0 Å². The third-order valence-electron chi connectivity index (χ3n) is 10.4. The van der Waals surface area contributed by atoms with Gasteiger partial charge in [-0.1, -0.05) is 35.9 Å². The van der Waals surface area contributed by atoms with E-state index >= 15 is 0 Å². The molecular formula is C32H36ClN5O3. The molecule has 0 atom stereocenters. The molecule has 3 aromatic rings. The molecule has 0 N–H and O–H groups in total. The highest BCUT2D eigenvalue weighted by Gasteiger charge is 2.51. The number of halogens is 1. The maximum absolute atomic E-state index is 12.2. The fraction of sp³-hybridized carbons (Fsp3) is 0.531. The second-order valence-corrected chi connectivity index (χ2v) is 13.0. The number of rotatable bonds is 5. The first-order valence-electron chi connectivity index (χ1n) is 15.2. The Bertz CT molecular complexity index is 1510. The molecule has 0 radical (unpaired) electrons. The lowest BCUT2D eigenvalue weighted by Gasteiger charge is -2.45. The summed E-state index contributed by atoms with van der Waals surface area (Å²) in [4.78, 5) is 29.7. The average molecular weight is 574 g/mol. The Morgan fingerprint density at radius 1 is 0.927 bits per heavy atom. The van der Waals surface area contributed by atoms with Crippen molar-refractivity contribution < 1.29 is 14.3 Å². The maximum atomic E-state index is 12.2. The number of nitrogens with zero attached hydrogens (tertiary/aromatic N) is 5. The fourth-order valence-electron chi connectivity index (χ4n) is 7.95. The summed E-state index contributed by atoms with van der Waals surface area (Å²) >= 11 is 6.71. The predicted molar refractivity (Wildman–Crippen MR) is 159 cm³/mol. The van der Waals surface area contributed by atoms with Crippen LogP contribution >= 0.6 is 11.6 Å². The van der Waals surface area contributed by atoms with Gasteiger partial charge in [0.1, 0.15) is 24.4 Å². The van der Waals surface area contributed by atoms with Gasteiger partial charge in [-0.25, -0.2) is 0 Å². The number of ether oxygens (including phenoxy) is 2. The van der Waals surface area contributed by atoms with Crippen LogP contribution in [0.5, 0.6) is 6.01 Å². The molecule has 5 aliphatic heterocycles. The molecule has 214 valence electrons. The second kappa shape index (κ2) is 9.73. The topological polar surface area (TPSA) is 71.0 Å². The van der Waals surface area contributed by atoms with Crippen LogP contribution in [0.3, 0.4) is 0 Å². The van der Waals surface area contributed by atoms with E-state index in [0.717, 1.165) is 71.9 Å². The number of aromatic nitrogens is 2. The lowest BCUT2D eigenvalue weighted by Crippen LogP contribution is -2.55. The molecule has 0 aliphatic carbocycles. The average Bonchev–Trinajstić information content (AvgIpc) is 3.59. The number of carbonyl (C=O) groups excluding carboxylic acids is 1. The van der Waals surface area contributed by atoms with Crippen LogP contribution in [0.1, 0.15) is 49.8 Å². The summed E-state index contributed by atoms with van der Waals surface area (Å²) < 4.78 is 11.7. The Kier molecular flexibility index (Phi) is 6.08. The zero-order valence-corrected chi connectivity index (χ0v) is 24.2. The largest absolute Gasteiger partial charge is 0.464 e. The number of esters is 1. The summed E-state index contributed by atoms with van der Waals surface area (Å²) in [6.45, 7) is 6.64. The van der Waals surface area contributed by atoms with E-state index in [1.165, 1.54) is 44.3 Å². The van der Waals surface area contributed by atoms with Crippen LogP contribution in [0.4, 0.5) is 11.5 Å². The Hall–Kier alpha value is -3.10. The lowest BCUT2D eigenvalue weighted by atomic mass is 9.76. The normalized spacial score (nSPS) is 22.9. The molecule has 1 aromatic heterocycles. The van der Waals surface area contributed by atoms with Gasteiger partial charge in [0, 0.05) is 36.3 Å². The molecule has 0 bridgehead atoms. The Labute approximate surface area is 245 Å². The Morgan fingerprint density at radius 3 is 2.44 bits per heavy atom. The molecule has 4 saturated heterocycles. The monoisotopic (exact) mass is 573 g/mol. The smallest absolute Gasteiger partial charge is 0.318 e. The summed E-state index contributed by atoms with van der Waals surface area (Å²) in [5, 5.41) is 2.99. The highest BCUT2D eigenvalue weighted by molar-refractivity contribution is 6.36. The van der Waals surface area contributed by atoms with Gasteiger partial charge in [-0.15, -0.1) is 0 Å². The van der Waals surface area contributed by atoms with Crippen molar-refractivity contribution in [3.63, 3.8) is 0 Å². The molecule has 0 unspecified atom stereocenters. The summed E-state index contributed by atoms with van der Waals surface area (Å²) in [5.41, 5.74) is 3.20. The molecule has 41 heavy (non-hydrogen) atoms. The number of fused-ring (bicyclic) bond motifs is 3. The quantitative estimate of drug-likeness (QED) is 0.395. The Balaban J connectivity index is 1.12. The van der Waals surface area contributed by atoms with Gasteiger partial charge in [-0.2, -0.15) is 9.97 Å². The van der Waals surface area contributed by atoms with Crippen LogP contribution in [0, 0.1) is 5.41 Å². The molecule has 8 nitrogen and oxygen atoms in total. The number of piperidine rings is 1. The summed E-state index contributed by atoms with van der Waals surface area (Å²) in [5.74, 6) is 0.947. The van der Waals surface area contributed by atoms with E-state index in [2.05, 4.69) is 39.0 Å². The summed E-state index contributed by atoms with van der Waals surface area (Å²) in [6, 6.07) is 12.9. The van der Waals surface area contributed by atoms with Crippen LogP contribution in [-0.2, 0) is 22.5 Å². The maximum Gasteiger partial charge on any atom is 0.318 e. The van der Waals surface area contributed by atoms with Gasteiger partial charge in [-0.05, 0) is 75.6 Å². The van der Waals surface area contributed by atoms with Crippen molar-refractivity contribution in [1.29, 1.82) is 0 Å². The number of hydrogen-bond acceptors (Lipinski definition) is 8. The number of carbonyl (C=O) groups is 1. The zero-order chi connectivity index (χ0) is 27.6. The first-order chi connectivity index (χ1) is 20.0. The summed E-state index contributed by atoms with van der Waals surface area (Å²) in [7, 11) is 0.